The van der Waals surface area contributed by atoms with Crippen molar-refractivity contribution in [2.75, 3.05) is 25.0 Å². The quantitative estimate of drug-likeness (QED) is 0.668. The number of hydrogen-bond acceptors (Lipinski definition) is 1. The van der Waals surface area contributed by atoms with Crippen molar-refractivity contribution >= 4 is 32.9 Å². The average Bonchev–Trinajstić information content (AvgIpc) is 2.06. The Bertz CT molecular complexity index is 121. The van der Waals surface area contributed by atoms with Crippen LogP contribution in [0.2, 0.25) is 0 Å². The molecule has 11 heavy (non-hydrogen) atoms. The van der Waals surface area contributed by atoms with Gasteiger partial charge in [-0.2, -0.15) is 0 Å². The lowest BCUT2D eigenvalue weighted by molar-refractivity contribution is 0.0632. The molecule has 0 aromatic rings. The Kier molecular flexibility index (Phi) is 3.86. The van der Waals surface area contributed by atoms with E-state index in [1.807, 2.05) is 0 Å². The first-order chi connectivity index (χ1) is 4.90. The Hall–Kier alpha value is 0.920. The zero-order valence-electron chi connectivity index (χ0n) is 6.63. The number of alkyl halides is 1. The number of halogens is 2. The maximum absolute atomic E-state index is 3.59. The molecule has 3 heteroatoms. The molecule has 0 aromatic carbocycles. The number of fused-ring (bicyclic) bond motifs is 3. The first kappa shape index (κ1) is 10.0. The predicted octanol–water partition coefficient (Wildman–Crippen LogP) is 2.30. The third-order valence-electron chi connectivity index (χ3n) is 2.99. The molecule has 0 spiro atoms. The molecule has 66 valence electrons. The fourth-order valence-corrected chi connectivity index (χ4v) is 3.00. The van der Waals surface area contributed by atoms with E-state index in [-0.39, 0.29) is 17.0 Å². The summed E-state index contributed by atoms with van der Waals surface area (Å²) in [5, 5.41) is 1.22. The Morgan fingerprint density at radius 3 is 2.18 bits per heavy atom. The van der Waals surface area contributed by atoms with Crippen LogP contribution in [0.4, 0.5) is 0 Å². The fraction of sp³-hybridized carbons (Fsp3) is 1.00. The lowest BCUT2D eigenvalue weighted by Crippen LogP contribution is -2.47. The summed E-state index contributed by atoms with van der Waals surface area (Å²) in [4.78, 5) is 2.60. The van der Waals surface area contributed by atoms with Crippen LogP contribution < -0.4 is 0 Å². The molecular weight excluding hydrogens is 270 g/mol. The highest BCUT2D eigenvalue weighted by atomic mass is 79.9. The van der Waals surface area contributed by atoms with Gasteiger partial charge in [-0.3, -0.25) is 0 Å². The van der Waals surface area contributed by atoms with Gasteiger partial charge in [-0.1, -0.05) is 15.9 Å². The van der Waals surface area contributed by atoms with Gasteiger partial charge in [-0.15, -0.1) is 17.0 Å². The zero-order valence-corrected chi connectivity index (χ0v) is 9.93. The first-order valence-corrected chi connectivity index (χ1v) is 5.30. The second-order valence-corrected chi connectivity index (χ2v) is 4.20. The van der Waals surface area contributed by atoms with E-state index in [2.05, 4.69) is 20.8 Å². The molecule has 3 aliphatic rings. The van der Waals surface area contributed by atoms with Crippen molar-refractivity contribution < 1.29 is 0 Å². The average molecular weight is 285 g/mol. The molecule has 3 rings (SSSR count). The first-order valence-electron chi connectivity index (χ1n) is 4.18. The molecule has 1 nitrogen and oxygen atoms in total. The molecule has 3 heterocycles. The van der Waals surface area contributed by atoms with Gasteiger partial charge < -0.3 is 4.90 Å². The van der Waals surface area contributed by atoms with Crippen LogP contribution in [-0.2, 0) is 0 Å². The van der Waals surface area contributed by atoms with Crippen molar-refractivity contribution in [2.24, 2.45) is 11.8 Å². The van der Waals surface area contributed by atoms with Gasteiger partial charge in [-0.25, -0.2) is 0 Å². The van der Waals surface area contributed by atoms with Gasteiger partial charge in [0.25, 0.3) is 0 Å². The number of hydrogen-bond donors (Lipinski definition) is 0. The number of rotatable bonds is 1. The third-order valence-corrected chi connectivity index (χ3v) is 3.82. The minimum absolute atomic E-state index is 0. The van der Waals surface area contributed by atoms with Crippen LogP contribution in [0.25, 0.3) is 0 Å². The van der Waals surface area contributed by atoms with E-state index >= 15 is 0 Å². The highest BCUT2D eigenvalue weighted by Gasteiger charge is 2.32. The topological polar surface area (TPSA) is 3.24 Å². The molecule has 2 bridgehead atoms. The monoisotopic (exact) mass is 283 g/mol. The van der Waals surface area contributed by atoms with Crippen molar-refractivity contribution in [3.8, 4) is 0 Å². The summed E-state index contributed by atoms with van der Waals surface area (Å²) < 4.78 is 0. The van der Waals surface area contributed by atoms with Crippen LogP contribution >= 0.6 is 32.9 Å². The molecular formula is C8H15Br2N. The molecule has 0 N–H and O–H groups in total. The highest BCUT2D eigenvalue weighted by Crippen LogP contribution is 2.32. The Morgan fingerprint density at radius 1 is 1.27 bits per heavy atom. The Balaban J connectivity index is 0.000000605. The van der Waals surface area contributed by atoms with E-state index in [1.54, 1.807) is 0 Å². The Morgan fingerprint density at radius 2 is 1.91 bits per heavy atom. The van der Waals surface area contributed by atoms with Gasteiger partial charge in [0, 0.05) is 11.9 Å². The van der Waals surface area contributed by atoms with Crippen molar-refractivity contribution in [2.45, 2.75) is 12.8 Å². The molecule has 3 aliphatic heterocycles. The molecule has 3 saturated heterocycles. The second kappa shape index (κ2) is 4.24. The van der Waals surface area contributed by atoms with E-state index in [4.69, 9.17) is 0 Å². The summed E-state index contributed by atoms with van der Waals surface area (Å²) >= 11 is 3.59. The van der Waals surface area contributed by atoms with E-state index in [1.165, 1.54) is 37.8 Å². The largest absolute Gasteiger partial charge is 0.303 e. The van der Waals surface area contributed by atoms with Gasteiger partial charge in [0.1, 0.15) is 0 Å². The fourth-order valence-electron chi connectivity index (χ4n) is 2.26. The van der Waals surface area contributed by atoms with Gasteiger partial charge >= 0.3 is 0 Å². The normalized spacial score (nSPS) is 41.7. The van der Waals surface area contributed by atoms with Crippen molar-refractivity contribution in [1.82, 2.24) is 4.90 Å². The lowest BCUT2D eigenvalue weighted by Gasteiger charge is -2.44. The van der Waals surface area contributed by atoms with Gasteiger partial charge in [-0.05, 0) is 37.8 Å². The lowest BCUT2D eigenvalue weighted by atomic mass is 9.80. The maximum atomic E-state index is 3.59. The van der Waals surface area contributed by atoms with Gasteiger partial charge in [0.15, 0.2) is 0 Å². The SMILES string of the molecule is Br.BrCC1CN2CCC1CC2. The molecule has 0 aliphatic carbocycles. The summed E-state index contributed by atoms with van der Waals surface area (Å²) in [6.07, 6.45) is 2.91. The van der Waals surface area contributed by atoms with Crippen LogP contribution in [0.1, 0.15) is 12.8 Å². The molecule has 1 atom stereocenters. The van der Waals surface area contributed by atoms with Crippen LogP contribution in [0, 0.1) is 11.8 Å². The van der Waals surface area contributed by atoms with Crippen LogP contribution in [0.15, 0.2) is 0 Å². The molecule has 0 saturated carbocycles. The van der Waals surface area contributed by atoms with Crippen LogP contribution in [0.3, 0.4) is 0 Å². The summed E-state index contributed by atoms with van der Waals surface area (Å²) in [5.74, 6) is 2.01. The second-order valence-electron chi connectivity index (χ2n) is 3.55. The van der Waals surface area contributed by atoms with E-state index in [0.717, 1.165) is 11.8 Å². The van der Waals surface area contributed by atoms with Crippen molar-refractivity contribution in [3.05, 3.63) is 0 Å². The summed E-state index contributed by atoms with van der Waals surface area (Å²) in [6, 6.07) is 0. The number of nitrogens with zero attached hydrogens (tertiary/aromatic N) is 1. The molecule has 1 unspecified atom stereocenters. The number of piperidine rings is 3. The molecule has 3 fully saturated rings. The summed E-state index contributed by atoms with van der Waals surface area (Å²) in [5.41, 5.74) is 0. The minimum Gasteiger partial charge on any atom is -0.303 e. The van der Waals surface area contributed by atoms with Crippen LogP contribution in [-0.4, -0.2) is 29.9 Å². The summed E-state index contributed by atoms with van der Waals surface area (Å²) in [6.45, 7) is 4.10. The highest BCUT2D eigenvalue weighted by molar-refractivity contribution is 9.09. The zero-order chi connectivity index (χ0) is 6.97. The molecule has 0 amide bonds. The standard InChI is InChI=1S/C8H14BrN.BrH/c9-5-8-6-10-3-1-7(8)2-4-10;/h7-8H,1-6H2;1H. The van der Waals surface area contributed by atoms with Crippen molar-refractivity contribution in [1.29, 1.82) is 0 Å². The summed E-state index contributed by atoms with van der Waals surface area (Å²) in [7, 11) is 0. The Labute approximate surface area is 87.4 Å². The molecule has 0 aromatic heterocycles. The van der Waals surface area contributed by atoms with Crippen molar-refractivity contribution in [3.63, 3.8) is 0 Å². The smallest absolute Gasteiger partial charge is 0.00745 e. The predicted molar refractivity (Wildman–Crippen MR) is 56.8 cm³/mol. The molecule has 0 radical (unpaired) electrons. The van der Waals surface area contributed by atoms with Gasteiger partial charge in [0.05, 0.1) is 0 Å². The van der Waals surface area contributed by atoms with E-state index in [9.17, 15) is 0 Å². The third kappa shape index (κ3) is 1.99. The van der Waals surface area contributed by atoms with E-state index in [0.29, 0.717) is 0 Å². The van der Waals surface area contributed by atoms with Gasteiger partial charge in [0.2, 0.25) is 0 Å². The van der Waals surface area contributed by atoms with E-state index < -0.39 is 0 Å². The minimum atomic E-state index is 0. The van der Waals surface area contributed by atoms with Crippen LogP contribution in [0.5, 0.6) is 0 Å². The maximum Gasteiger partial charge on any atom is 0.00745 e.